The maximum absolute atomic E-state index is 12.0. The van der Waals surface area contributed by atoms with Crippen LogP contribution in [0.4, 0.5) is 0 Å². The van der Waals surface area contributed by atoms with E-state index in [1.54, 1.807) is 11.8 Å². The van der Waals surface area contributed by atoms with Crippen LogP contribution < -0.4 is 10.3 Å². The fraction of sp³-hybridized carbons (Fsp3) is 0.462. The fourth-order valence-electron chi connectivity index (χ4n) is 1.95. The average Bonchev–Trinajstić information content (AvgIpc) is 2.41. The van der Waals surface area contributed by atoms with E-state index in [-0.39, 0.29) is 5.91 Å². The summed E-state index contributed by atoms with van der Waals surface area (Å²) in [6, 6.07) is 7.71. The number of benzene rings is 1. The van der Waals surface area contributed by atoms with Gasteiger partial charge in [0, 0.05) is 10.5 Å². The van der Waals surface area contributed by atoms with Gasteiger partial charge in [0.2, 0.25) is 0 Å². The SMILES string of the molecule is CSc1ccc(C(=O)NN2CC[NH+](C)CC2)cc1. The highest BCUT2D eigenvalue weighted by Gasteiger charge is 2.18. The van der Waals surface area contributed by atoms with Crippen LogP contribution in [0.15, 0.2) is 29.2 Å². The number of hydrazine groups is 1. The first-order valence-electron chi connectivity index (χ1n) is 6.20. The first-order valence-corrected chi connectivity index (χ1v) is 7.43. The molecule has 1 saturated heterocycles. The number of likely N-dealkylation sites (N-methyl/N-ethyl adjacent to an activating group) is 1. The van der Waals surface area contributed by atoms with Crippen molar-refractivity contribution in [3.8, 4) is 0 Å². The number of nitrogens with one attached hydrogen (secondary N) is 2. The number of hydrogen-bond donors (Lipinski definition) is 2. The fourth-order valence-corrected chi connectivity index (χ4v) is 2.36. The number of carbonyl (C=O) groups is 1. The topological polar surface area (TPSA) is 36.8 Å². The molecule has 98 valence electrons. The van der Waals surface area contributed by atoms with Crippen molar-refractivity contribution in [2.45, 2.75) is 4.90 Å². The number of quaternary nitrogens is 1. The molecular formula is C13H20N3OS+. The number of nitrogens with zero attached hydrogens (tertiary/aromatic N) is 1. The second-order valence-electron chi connectivity index (χ2n) is 4.61. The summed E-state index contributed by atoms with van der Waals surface area (Å²) in [4.78, 5) is 14.7. The lowest BCUT2D eigenvalue weighted by molar-refractivity contribution is -0.884. The van der Waals surface area contributed by atoms with E-state index in [2.05, 4.69) is 12.5 Å². The summed E-state index contributed by atoms with van der Waals surface area (Å²) < 4.78 is 0. The molecule has 0 bridgehead atoms. The van der Waals surface area contributed by atoms with Crippen molar-refractivity contribution in [3.05, 3.63) is 29.8 Å². The second kappa shape index (κ2) is 6.22. The number of rotatable bonds is 3. The summed E-state index contributed by atoms with van der Waals surface area (Å²) >= 11 is 1.68. The van der Waals surface area contributed by atoms with Gasteiger partial charge in [0.1, 0.15) is 0 Å². The van der Waals surface area contributed by atoms with Gasteiger partial charge in [-0.3, -0.25) is 10.2 Å². The van der Waals surface area contributed by atoms with E-state index < -0.39 is 0 Å². The number of carbonyl (C=O) groups excluding carboxylic acids is 1. The van der Waals surface area contributed by atoms with E-state index >= 15 is 0 Å². The Balaban J connectivity index is 1.90. The molecule has 1 aromatic carbocycles. The molecule has 1 amide bonds. The van der Waals surface area contributed by atoms with E-state index in [1.807, 2.05) is 35.5 Å². The third kappa shape index (κ3) is 3.48. The smallest absolute Gasteiger partial charge is 0.265 e. The van der Waals surface area contributed by atoms with E-state index in [0.717, 1.165) is 31.7 Å². The lowest BCUT2D eigenvalue weighted by Crippen LogP contribution is -3.12. The summed E-state index contributed by atoms with van der Waals surface area (Å²) in [6.07, 6.45) is 2.03. The molecule has 0 atom stereocenters. The normalized spacial score (nSPS) is 17.7. The zero-order valence-electron chi connectivity index (χ0n) is 10.9. The third-order valence-corrected chi connectivity index (χ3v) is 3.97. The van der Waals surface area contributed by atoms with Crippen LogP contribution in [0.25, 0.3) is 0 Å². The van der Waals surface area contributed by atoms with Crippen molar-refractivity contribution < 1.29 is 9.69 Å². The zero-order chi connectivity index (χ0) is 13.0. The lowest BCUT2D eigenvalue weighted by Gasteiger charge is -2.30. The number of piperazine rings is 1. The highest BCUT2D eigenvalue weighted by Crippen LogP contribution is 2.14. The molecule has 0 aromatic heterocycles. The minimum Gasteiger partial charge on any atom is -0.335 e. The largest absolute Gasteiger partial charge is 0.335 e. The molecule has 2 N–H and O–H groups in total. The Kier molecular flexibility index (Phi) is 4.63. The van der Waals surface area contributed by atoms with Gasteiger partial charge in [0.25, 0.3) is 5.91 Å². The molecule has 0 saturated carbocycles. The summed E-state index contributed by atoms with van der Waals surface area (Å²) in [6.45, 7) is 3.98. The minimum atomic E-state index is -0.0118. The lowest BCUT2D eigenvalue weighted by atomic mass is 10.2. The molecule has 18 heavy (non-hydrogen) atoms. The summed E-state index contributed by atoms with van der Waals surface area (Å²) in [7, 11) is 2.18. The van der Waals surface area contributed by atoms with Crippen molar-refractivity contribution in [2.75, 3.05) is 39.5 Å². The van der Waals surface area contributed by atoms with Crippen LogP contribution >= 0.6 is 11.8 Å². The van der Waals surface area contributed by atoms with Gasteiger partial charge >= 0.3 is 0 Å². The molecule has 1 fully saturated rings. The van der Waals surface area contributed by atoms with Crippen LogP contribution in [0.2, 0.25) is 0 Å². The molecule has 4 nitrogen and oxygen atoms in total. The van der Waals surface area contributed by atoms with Gasteiger partial charge < -0.3 is 4.90 Å². The van der Waals surface area contributed by atoms with Gasteiger partial charge in [0.05, 0.1) is 33.2 Å². The Hall–Kier alpha value is -1.04. The van der Waals surface area contributed by atoms with Crippen LogP contribution in [0, 0.1) is 0 Å². The minimum absolute atomic E-state index is 0.0118. The molecule has 1 aliphatic heterocycles. The molecular weight excluding hydrogens is 246 g/mol. The molecule has 1 aliphatic rings. The van der Waals surface area contributed by atoms with Crippen LogP contribution in [0.5, 0.6) is 0 Å². The van der Waals surface area contributed by atoms with E-state index in [1.165, 1.54) is 9.80 Å². The van der Waals surface area contributed by atoms with Gasteiger partial charge in [-0.15, -0.1) is 11.8 Å². The second-order valence-corrected chi connectivity index (χ2v) is 5.49. The van der Waals surface area contributed by atoms with Gasteiger partial charge in [-0.1, -0.05) is 0 Å². The molecule has 0 unspecified atom stereocenters. The zero-order valence-corrected chi connectivity index (χ0v) is 11.7. The van der Waals surface area contributed by atoms with Gasteiger partial charge in [-0.2, -0.15) is 0 Å². The summed E-state index contributed by atoms with van der Waals surface area (Å²) in [5.41, 5.74) is 3.69. The van der Waals surface area contributed by atoms with Crippen molar-refractivity contribution >= 4 is 17.7 Å². The first kappa shape index (κ1) is 13.4. The van der Waals surface area contributed by atoms with Crippen LogP contribution in [0.3, 0.4) is 0 Å². The van der Waals surface area contributed by atoms with E-state index in [4.69, 9.17) is 0 Å². The van der Waals surface area contributed by atoms with E-state index in [0.29, 0.717) is 0 Å². The maximum atomic E-state index is 12.0. The van der Waals surface area contributed by atoms with Crippen molar-refractivity contribution in [1.29, 1.82) is 0 Å². The number of hydrogen-bond acceptors (Lipinski definition) is 3. The Morgan fingerprint density at radius 2 is 1.89 bits per heavy atom. The van der Waals surface area contributed by atoms with E-state index in [9.17, 15) is 4.79 Å². The molecule has 0 spiro atoms. The van der Waals surface area contributed by atoms with Crippen LogP contribution in [-0.4, -0.2) is 50.4 Å². The number of thioether (sulfide) groups is 1. The Bertz CT molecular complexity index is 399. The molecule has 1 heterocycles. The van der Waals surface area contributed by atoms with Gasteiger partial charge in [-0.25, -0.2) is 5.01 Å². The average molecular weight is 266 g/mol. The van der Waals surface area contributed by atoms with Crippen molar-refractivity contribution in [3.63, 3.8) is 0 Å². The predicted octanol–water partition coefficient (Wildman–Crippen LogP) is -0.116. The monoisotopic (exact) mass is 266 g/mol. The van der Waals surface area contributed by atoms with Crippen molar-refractivity contribution in [1.82, 2.24) is 10.4 Å². The first-order chi connectivity index (χ1) is 8.69. The quantitative estimate of drug-likeness (QED) is 0.749. The van der Waals surface area contributed by atoms with Crippen LogP contribution in [0.1, 0.15) is 10.4 Å². The molecule has 5 heteroatoms. The Labute approximate surface area is 112 Å². The predicted molar refractivity (Wildman–Crippen MR) is 73.9 cm³/mol. The summed E-state index contributed by atoms with van der Waals surface area (Å²) in [5.74, 6) is -0.0118. The molecule has 2 rings (SSSR count). The number of amides is 1. The van der Waals surface area contributed by atoms with Gasteiger partial charge in [0.15, 0.2) is 0 Å². The van der Waals surface area contributed by atoms with Crippen molar-refractivity contribution in [2.24, 2.45) is 0 Å². The summed E-state index contributed by atoms with van der Waals surface area (Å²) in [5, 5.41) is 2.01. The third-order valence-electron chi connectivity index (χ3n) is 3.23. The van der Waals surface area contributed by atoms with Crippen LogP contribution in [-0.2, 0) is 0 Å². The van der Waals surface area contributed by atoms with Gasteiger partial charge in [-0.05, 0) is 30.5 Å². The molecule has 0 radical (unpaired) electrons. The Morgan fingerprint density at radius 3 is 2.44 bits per heavy atom. The molecule has 0 aliphatic carbocycles. The molecule has 1 aromatic rings. The standard InChI is InChI=1S/C13H19N3OS/c1-15-7-9-16(10-8-15)14-13(17)11-3-5-12(18-2)6-4-11/h3-6H,7-10H2,1-2H3,(H,14,17)/p+1. The Morgan fingerprint density at radius 1 is 1.28 bits per heavy atom. The highest BCUT2D eigenvalue weighted by atomic mass is 32.2. The maximum Gasteiger partial charge on any atom is 0.265 e. The highest BCUT2D eigenvalue weighted by molar-refractivity contribution is 7.98.